The van der Waals surface area contributed by atoms with Gasteiger partial charge in [0.1, 0.15) is 5.75 Å². The van der Waals surface area contributed by atoms with Gasteiger partial charge < -0.3 is 9.84 Å². The molecule has 0 saturated carbocycles. The Bertz CT molecular complexity index is 305. The van der Waals surface area contributed by atoms with E-state index in [-0.39, 0.29) is 6.61 Å². The summed E-state index contributed by atoms with van der Waals surface area (Å²) in [6, 6.07) is 1.93. The molecule has 0 aliphatic rings. The van der Waals surface area contributed by atoms with E-state index in [4.69, 9.17) is 9.84 Å². The molecule has 4 heteroatoms. The van der Waals surface area contributed by atoms with Crippen molar-refractivity contribution in [3.8, 4) is 5.75 Å². The lowest BCUT2D eigenvalue weighted by atomic mass is 10.2. The van der Waals surface area contributed by atoms with Gasteiger partial charge in [0, 0.05) is 11.1 Å². The average molecular weight is 274 g/mol. The molecule has 0 aliphatic carbocycles. The first-order valence-corrected chi connectivity index (χ1v) is 5.95. The lowest BCUT2D eigenvalue weighted by Crippen LogP contribution is -1.99. The summed E-state index contributed by atoms with van der Waals surface area (Å²) in [7, 11) is 0. The van der Waals surface area contributed by atoms with Gasteiger partial charge >= 0.3 is 0 Å². The van der Waals surface area contributed by atoms with E-state index in [2.05, 4.69) is 27.8 Å². The molecule has 0 aliphatic heterocycles. The number of ether oxygens (including phenoxy) is 1. The van der Waals surface area contributed by atoms with E-state index < -0.39 is 0 Å². The predicted molar refractivity (Wildman–Crippen MR) is 63.1 cm³/mol. The molecule has 0 radical (unpaired) electrons. The summed E-state index contributed by atoms with van der Waals surface area (Å²) in [5.41, 5.74) is 0.966. The summed E-state index contributed by atoms with van der Waals surface area (Å²) >= 11 is 3.45. The van der Waals surface area contributed by atoms with Crippen molar-refractivity contribution < 1.29 is 9.84 Å². The van der Waals surface area contributed by atoms with E-state index in [1.54, 1.807) is 6.20 Å². The van der Waals surface area contributed by atoms with E-state index >= 15 is 0 Å². The van der Waals surface area contributed by atoms with Crippen LogP contribution in [0, 0.1) is 0 Å². The minimum atomic E-state index is 0.197. The number of halogens is 1. The fourth-order valence-electron chi connectivity index (χ4n) is 1.18. The van der Waals surface area contributed by atoms with Crippen molar-refractivity contribution in [2.24, 2.45) is 0 Å². The third-order valence-electron chi connectivity index (χ3n) is 1.94. The molecule has 0 saturated heterocycles. The van der Waals surface area contributed by atoms with Gasteiger partial charge in [0.15, 0.2) is 0 Å². The van der Waals surface area contributed by atoms with Crippen LogP contribution in [0.15, 0.2) is 16.7 Å². The molecule has 1 rings (SSSR count). The van der Waals surface area contributed by atoms with E-state index in [1.807, 2.05) is 6.07 Å². The van der Waals surface area contributed by atoms with Crippen molar-refractivity contribution in [1.82, 2.24) is 4.98 Å². The fourth-order valence-corrected chi connectivity index (χ4v) is 1.70. The van der Waals surface area contributed by atoms with Crippen molar-refractivity contribution >= 4 is 15.9 Å². The first kappa shape index (κ1) is 12.5. The molecule has 84 valence electrons. The van der Waals surface area contributed by atoms with E-state index in [1.165, 1.54) is 0 Å². The molecule has 3 nitrogen and oxygen atoms in total. The van der Waals surface area contributed by atoms with Gasteiger partial charge in [0.05, 0.1) is 18.5 Å². The number of aromatic nitrogens is 1. The zero-order valence-corrected chi connectivity index (χ0v) is 10.5. The molecular weight excluding hydrogens is 258 g/mol. The third-order valence-corrected chi connectivity index (χ3v) is 2.62. The molecule has 1 heterocycles. The second-order valence-corrected chi connectivity index (χ2v) is 4.13. The largest absolute Gasteiger partial charge is 0.492 e. The number of rotatable bonds is 6. The molecule has 0 bridgehead atoms. The Morgan fingerprint density at radius 3 is 2.93 bits per heavy atom. The number of aliphatic hydroxyl groups excluding tert-OH is 1. The quantitative estimate of drug-likeness (QED) is 0.866. The highest BCUT2D eigenvalue weighted by atomic mass is 79.9. The topological polar surface area (TPSA) is 42.4 Å². The van der Waals surface area contributed by atoms with E-state index in [0.717, 1.165) is 35.2 Å². The van der Waals surface area contributed by atoms with Crippen LogP contribution < -0.4 is 4.74 Å². The smallest absolute Gasteiger partial charge is 0.138 e. The number of hydrogen-bond acceptors (Lipinski definition) is 3. The Morgan fingerprint density at radius 2 is 2.33 bits per heavy atom. The molecular formula is C11H16BrNO2. The molecule has 0 amide bonds. The highest BCUT2D eigenvalue weighted by molar-refractivity contribution is 9.10. The number of aryl methyl sites for hydroxylation is 1. The maximum Gasteiger partial charge on any atom is 0.138 e. The van der Waals surface area contributed by atoms with Crippen molar-refractivity contribution in [2.45, 2.75) is 26.2 Å². The van der Waals surface area contributed by atoms with Crippen LogP contribution in [0.2, 0.25) is 0 Å². The van der Waals surface area contributed by atoms with Crippen LogP contribution in [0.5, 0.6) is 5.75 Å². The molecule has 15 heavy (non-hydrogen) atoms. The van der Waals surface area contributed by atoms with E-state index in [0.29, 0.717) is 6.61 Å². The van der Waals surface area contributed by atoms with Gasteiger partial charge in [-0.3, -0.25) is 4.98 Å². The zero-order chi connectivity index (χ0) is 11.1. The molecule has 0 fully saturated rings. The Balaban J connectivity index is 2.61. The summed E-state index contributed by atoms with van der Waals surface area (Å²) in [6.07, 6.45) is 4.24. The Labute approximate surface area is 98.6 Å². The first-order chi connectivity index (χ1) is 7.27. The normalized spacial score (nSPS) is 10.3. The van der Waals surface area contributed by atoms with Crippen molar-refractivity contribution in [1.29, 1.82) is 0 Å². The minimum absolute atomic E-state index is 0.197. The Hall–Kier alpha value is -0.610. The van der Waals surface area contributed by atoms with Gasteiger partial charge in [0.25, 0.3) is 0 Å². The SMILES string of the molecule is CCCOc1cnc(CCCO)c(Br)c1. The standard InChI is InChI=1S/C11H16BrNO2/c1-2-6-15-9-7-10(12)11(13-8-9)4-3-5-14/h7-8,14H,2-6H2,1H3. The van der Waals surface area contributed by atoms with Gasteiger partial charge in [-0.2, -0.15) is 0 Å². The van der Waals surface area contributed by atoms with Crippen molar-refractivity contribution in [3.05, 3.63) is 22.4 Å². The van der Waals surface area contributed by atoms with Crippen molar-refractivity contribution in [3.63, 3.8) is 0 Å². The summed E-state index contributed by atoms with van der Waals surface area (Å²) in [6.45, 7) is 2.98. The van der Waals surface area contributed by atoms with Crippen LogP contribution >= 0.6 is 15.9 Å². The summed E-state index contributed by atoms with van der Waals surface area (Å²) < 4.78 is 6.40. The average Bonchev–Trinajstić information content (AvgIpc) is 2.25. The van der Waals surface area contributed by atoms with Gasteiger partial charge in [-0.25, -0.2) is 0 Å². The van der Waals surface area contributed by atoms with Crippen molar-refractivity contribution in [2.75, 3.05) is 13.2 Å². The number of hydrogen-bond donors (Lipinski definition) is 1. The van der Waals surface area contributed by atoms with Crippen LogP contribution in [0.4, 0.5) is 0 Å². The van der Waals surface area contributed by atoms with Crippen LogP contribution in [0.3, 0.4) is 0 Å². The lowest BCUT2D eigenvalue weighted by molar-refractivity contribution is 0.288. The minimum Gasteiger partial charge on any atom is -0.492 e. The van der Waals surface area contributed by atoms with Crippen LogP contribution in [-0.4, -0.2) is 23.3 Å². The summed E-state index contributed by atoms with van der Waals surface area (Å²) in [5, 5.41) is 8.72. The second kappa shape index (κ2) is 6.80. The molecule has 1 aromatic rings. The predicted octanol–water partition coefficient (Wildman–Crippen LogP) is 2.56. The van der Waals surface area contributed by atoms with Gasteiger partial charge in [-0.15, -0.1) is 0 Å². The van der Waals surface area contributed by atoms with Gasteiger partial charge in [0.2, 0.25) is 0 Å². The first-order valence-electron chi connectivity index (χ1n) is 5.16. The Morgan fingerprint density at radius 1 is 1.53 bits per heavy atom. The number of nitrogens with zero attached hydrogens (tertiary/aromatic N) is 1. The lowest BCUT2D eigenvalue weighted by Gasteiger charge is -2.07. The second-order valence-electron chi connectivity index (χ2n) is 3.28. The van der Waals surface area contributed by atoms with Gasteiger partial charge in [-0.05, 0) is 41.3 Å². The highest BCUT2D eigenvalue weighted by Gasteiger charge is 2.03. The Kier molecular flexibility index (Phi) is 5.65. The highest BCUT2D eigenvalue weighted by Crippen LogP contribution is 2.21. The van der Waals surface area contributed by atoms with E-state index in [9.17, 15) is 0 Å². The monoisotopic (exact) mass is 273 g/mol. The maximum atomic E-state index is 8.72. The molecule has 0 unspecified atom stereocenters. The fraction of sp³-hybridized carbons (Fsp3) is 0.545. The number of aliphatic hydroxyl groups is 1. The van der Waals surface area contributed by atoms with Crippen LogP contribution in [0.1, 0.15) is 25.5 Å². The zero-order valence-electron chi connectivity index (χ0n) is 8.87. The number of pyridine rings is 1. The third kappa shape index (κ3) is 4.18. The van der Waals surface area contributed by atoms with Crippen LogP contribution in [0.25, 0.3) is 0 Å². The maximum absolute atomic E-state index is 8.72. The summed E-state index contributed by atoms with van der Waals surface area (Å²) in [5.74, 6) is 0.788. The molecule has 1 aromatic heterocycles. The summed E-state index contributed by atoms with van der Waals surface area (Å²) in [4.78, 5) is 4.29. The van der Waals surface area contributed by atoms with Gasteiger partial charge in [-0.1, -0.05) is 6.92 Å². The molecule has 0 aromatic carbocycles. The molecule has 1 N–H and O–H groups in total. The van der Waals surface area contributed by atoms with Crippen LogP contribution in [-0.2, 0) is 6.42 Å². The molecule has 0 atom stereocenters. The molecule has 0 spiro atoms.